The fourth-order valence-electron chi connectivity index (χ4n) is 4.37. The Hall–Kier alpha value is -1.97. The van der Waals surface area contributed by atoms with E-state index in [4.69, 9.17) is 4.98 Å². The lowest BCUT2D eigenvalue weighted by Gasteiger charge is -2.29. The second-order valence-corrected chi connectivity index (χ2v) is 8.75. The van der Waals surface area contributed by atoms with Crippen LogP contribution in [0.5, 0.6) is 0 Å². The van der Waals surface area contributed by atoms with E-state index < -0.39 is 5.54 Å². The third kappa shape index (κ3) is 3.60. The van der Waals surface area contributed by atoms with E-state index in [-0.39, 0.29) is 5.91 Å². The number of carbonyl (C=O) groups is 1. The van der Waals surface area contributed by atoms with Gasteiger partial charge in [0.05, 0.1) is 35.3 Å². The van der Waals surface area contributed by atoms with Gasteiger partial charge in [-0.25, -0.2) is 4.98 Å². The number of aromatic nitrogens is 1. The van der Waals surface area contributed by atoms with Crippen molar-refractivity contribution in [3.63, 3.8) is 0 Å². The molecule has 2 N–H and O–H groups in total. The van der Waals surface area contributed by atoms with Crippen LogP contribution < -0.4 is 10.2 Å². The second-order valence-electron chi connectivity index (χ2n) is 7.69. The van der Waals surface area contributed by atoms with Gasteiger partial charge in [0.2, 0.25) is 0 Å². The molecule has 1 amide bonds. The van der Waals surface area contributed by atoms with Crippen LogP contribution in [0.15, 0.2) is 24.3 Å². The van der Waals surface area contributed by atoms with Crippen LogP contribution in [0.25, 0.3) is 10.2 Å². The summed E-state index contributed by atoms with van der Waals surface area (Å²) in [7, 11) is 0. The van der Waals surface area contributed by atoms with E-state index in [0.717, 1.165) is 57.1 Å². The molecule has 0 spiro atoms. The molecule has 2 aromatic rings. The first kappa shape index (κ1) is 17.4. The molecule has 1 aliphatic carbocycles. The number of likely N-dealkylation sites (tertiary alicyclic amines) is 1. The molecule has 1 saturated carbocycles. The molecule has 1 aromatic heterocycles. The Bertz CT molecular complexity index is 801. The third-order valence-corrected chi connectivity index (χ3v) is 6.94. The van der Waals surface area contributed by atoms with E-state index in [1.54, 1.807) is 11.3 Å². The molecule has 0 bridgehead atoms. The summed E-state index contributed by atoms with van der Waals surface area (Å²) in [6.45, 7) is 2.44. The van der Waals surface area contributed by atoms with Gasteiger partial charge in [-0.15, -0.1) is 11.3 Å². The van der Waals surface area contributed by atoms with Crippen molar-refractivity contribution in [2.75, 3.05) is 19.6 Å². The first-order valence-corrected chi connectivity index (χ1v) is 10.4. The molecule has 5 nitrogen and oxygen atoms in total. The smallest absolute Gasteiger partial charge is 0.276 e. The predicted octanol–water partition coefficient (Wildman–Crippen LogP) is 2.01. The maximum Gasteiger partial charge on any atom is 0.276 e. The molecule has 4 rings (SSSR count). The number of amides is 1. The van der Waals surface area contributed by atoms with Crippen LogP contribution in [0.3, 0.4) is 0 Å². The quantitative estimate of drug-likeness (QED) is 0.866. The lowest BCUT2D eigenvalue weighted by atomic mass is 9.98. The number of thiazole rings is 1. The van der Waals surface area contributed by atoms with Crippen LogP contribution in [0.1, 0.15) is 49.5 Å². The number of hydrogen-bond acceptors (Lipinski definition) is 4. The zero-order valence-corrected chi connectivity index (χ0v) is 15.8. The average Bonchev–Trinajstić information content (AvgIpc) is 3.29. The van der Waals surface area contributed by atoms with Gasteiger partial charge in [0.15, 0.2) is 6.54 Å². The van der Waals surface area contributed by atoms with E-state index in [9.17, 15) is 10.1 Å². The summed E-state index contributed by atoms with van der Waals surface area (Å²) < 4.78 is 1.24. The molecule has 2 aliphatic rings. The first-order chi connectivity index (χ1) is 12.7. The summed E-state index contributed by atoms with van der Waals surface area (Å²) in [6.07, 6.45) is 5.91. The van der Waals surface area contributed by atoms with Crippen molar-refractivity contribution in [1.82, 2.24) is 10.3 Å². The normalized spacial score (nSPS) is 25.0. The lowest BCUT2D eigenvalue weighted by molar-refractivity contribution is -0.898. The van der Waals surface area contributed by atoms with Crippen molar-refractivity contribution in [2.45, 2.75) is 50.0 Å². The van der Waals surface area contributed by atoms with Gasteiger partial charge in [-0.2, -0.15) is 5.26 Å². The molecular weight excluding hydrogens is 344 g/mol. The number of carbonyl (C=O) groups excluding carboxylic acids is 1. The van der Waals surface area contributed by atoms with Crippen molar-refractivity contribution in [1.29, 1.82) is 5.26 Å². The van der Waals surface area contributed by atoms with Crippen molar-refractivity contribution < 1.29 is 9.69 Å². The number of nitriles is 1. The van der Waals surface area contributed by atoms with Crippen LogP contribution >= 0.6 is 11.3 Å². The average molecular weight is 370 g/mol. The molecule has 2 heterocycles. The molecule has 26 heavy (non-hydrogen) atoms. The van der Waals surface area contributed by atoms with Gasteiger partial charge < -0.3 is 10.2 Å². The van der Waals surface area contributed by atoms with Gasteiger partial charge in [-0.1, -0.05) is 12.1 Å². The monoisotopic (exact) mass is 369 g/mol. The summed E-state index contributed by atoms with van der Waals surface area (Å²) in [6, 6.07) is 10.6. The zero-order valence-electron chi connectivity index (χ0n) is 15.0. The minimum Gasteiger partial charge on any atom is -0.333 e. The van der Waals surface area contributed by atoms with Crippen LogP contribution in [0.4, 0.5) is 0 Å². The standard InChI is InChI=1S/C20H24N4OS/c21-14-20(9-3-4-10-20)23-18(25)13-24-11-5-6-15(12-24)19-22-16-7-1-2-8-17(16)26-19/h1-2,7-8,15H,3-6,9-13H2,(H,23,25)/p+1/t15-/m1/s1. The lowest BCUT2D eigenvalue weighted by Crippen LogP contribution is -3.14. The minimum absolute atomic E-state index is 0.0217. The summed E-state index contributed by atoms with van der Waals surface area (Å²) in [5, 5.41) is 13.7. The maximum atomic E-state index is 12.5. The summed E-state index contributed by atoms with van der Waals surface area (Å²) in [4.78, 5) is 18.6. The highest BCUT2D eigenvalue weighted by Crippen LogP contribution is 2.30. The molecule has 1 saturated heterocycles. The largest absolute Gasteiger partial charge is 0.333 e. The highest BCUT2D eigenvalue weighted by molar-refractivity contribution is 7.18. The van der Waals surface area contributed by atoms with Crippen LogP contribution in [0.2, 0.25) is 0 Å². The number of hydrogen-bond donors (Lipinski definition) is 2. The number of quaternary nitrogens is 1. The Morgan fingerprint density at radius 2 is 2.15 bits per heavy atom. The fraction of sp³-hybridized carbons (Fsp3) is 0.550. The highest BCUT2D eigenvalue weighted by Gasteiger charge is 2.36. The summed E-state index contributed by atoms with van der Waals surface area (Å²) >= 11 is 1.79. The van der Waals surface area contributed by atoms with E-state index >= 15 is 0 Å². The Kier molecular flexibility index (Phi) is 4.92. The molecule has 1 aromatic carbocycles. The number of piperidine rings is 1. The topological polar surface area (TPSA) is 70.2 Å². The minimum atomic E-state index is -0.612. The van der Waals surface area contributed by atoms with E-state index in [1.165, 1.54) is 14.6 Å². The number of rotatable bonds is 4. The number of benzene rings is 1. The van der Waals surface area contributed by atoms with E-state index in [2.05, 4.69) is 29.6 Å². The van der Waals surface area contributed by atoms with Crippen molar-refractivity contribution in [2.24, 2.45) is 0 Å². The predicted molar refractivity (Wildman–Crippen MR) is 102 cm³/mol. The van der Waals surface area contributed by atoms with Gasteiger partial charge in [-0.05, 0) is 50.7 Å². The van der Waals surface area contributed by atoms with Crippen LogP contribution in [-0.2, 0) is 4.79 Å². The van der Waals surface area contributed by atoms with Gasteiger partial charge in [0.1, 0.15) is 10.5 Å². The second kappa shape index (κ2) is 7.34. The number of nitrogens with zero attached hydrogens (tertiary/aromatic N) is 2. The van der Waals surface area contributed by atoms with Gasteiger partial charge in [0, 0.05) is 0 Å². The van der Waals surface area contributed by atoms with Crippen molar-refractivity contribution in [3.8, 4) is 6.07 Å². The van der Waals surface area contributed by atoms with Crippen LogP contribution in [0, 0.1) is 11.3 Å². The van der Waals surface area contributed by atoms with E-state index in [1.807, 2.05) is 6.07 Å². The molecule has 136 valence electrons. The highest BCUT2D eigenvalue weighted by atomic mass is 32.1. The SMILES string of the molecule is N#CC1(NC(=O)C[NH+]2CCC[C@@H](c3nc4ccccc4s3)C2)CCCC1. The Balaban J connectivity index is 1.39. The van der Waals surface area contributed by atoms with E-state index in [0.29, 0.717) is 12.5 Å². The third-order valence-electron chi connectivity index (χ3n) is 5.74. The molecule has 1 aliphatic heterocycles. The zero-order chi connectivity index (χ0) is 18.0. The Morgan fingerprint density at radius 3 is 2.92 bits per heavy atom. The Labute approximate surface area is 158 Å². The fourth-order valence-corrected chi connectivity index (χ4v) is 5.47. The Morgan fingerprint density at radius 1 is 1.35 bits per heavy atom. The molecule has 0 radical (unpaired) electrons. The first-order valence-electron chi connectivity index (χ1n) is 9.59. The van der Waals surface area contributed by atoms with Gasteiger partial charge in [-0.3, -0.25) is 4.79 Å². The molecule has 6 heteroatoms. The van der Waals surface area contributed by atoms with Gasteiger partial charge in [0.25, 0.3) is 5.91 Å². The number of para-hydroxylation sites is 1. The van der Waals surface area contributed by atoms with Gasteiger partial charge >= 0.3 is 0 Å². The van der Waals surface area contributed by atoms with Crippen LogP contribution in [-0.4, -0.2) is 36.1 Å². The molecule has 2 atom stereocenters. The number of fused-ring (bicyclic) bond motifs is 1. The summed E-state index contributed by atoms with van der Waals surface area (Å²) in [5.41, 5.74) is 0.466. The van der Waals surface area contributed by atoms with Crippen molar-refractivity contribution in [3.05, 3.63) is 29.3 Å². The molecule has 1 unspecified atom stereocenters. The summed E-state index contributed by atoms with van der Waals surface area (Å²) in [5.74, 6) is 0.453. The molecule has 2 fully saturated rings. The number of nitrogens with one attached hydrogen (secondary N) is 2. The molecular formula is C20H25N4OS+. The van der Waals surface area contributed by atoms with Crippen molar-refractivity contribution >= 4 is 27.5 Å². The maximum absolute atomic E-state index is 12.5.